The largest absolute Gasteiger partial charge is 0.310 e. The van der Waals surface area contributed by atoms with Gasteiger partial charge in [-0.3, -0.25) is 0 Å². The minimum atomic E-state index is -0.115. The summed E-state index contributed by atoms with van der Waals surface area (Å²) < 4.78 is 38.5. The zero-order valence-corrected chi connectivity index (χ0v) is 28.8. The van der Waals surface area contributed by atoms with Gasteiger partial charge in [0.2, 0.25) is 0 Å². The highest BCUT2D eigenvalue weighted by atomic mass is 15.1. The first-order valence-corrected chi connectivity index (χ1v) is 17.9. The van der Waals surface area contributed by atoms with Gasteiger partial charge in [0.15, 0.2) is 0 Å². The number of fused-ring (bicyclic) bond motifs is 6. The minimum absolute atomic E-state index is 0.0938. The third-order valence-corrected chi connectivity index (χ3v) is 10.3. The van der Waals surface area contributed by atoms with Gasteiger partial charge in [0.25, 0.3) is 0 Å². The Hall–Kier alpha value is -6.96. The molecular weight excluding hydrogens is 639 g/mol. The number of hydrogen-bond acceptors (Lipinski definition) is 1. The maximum atomic E-state index is 9.71. The summed E-state index contributed by atoms with van der Waals surface area (Å²) in [6.45, 7) is 0. The van der Waals surface area contributed by atoms with E-state index in [0.29, 0.717) is 5.56 Å². The lowest BCUT2D eigenvalue weighted by Crippen LogP contribution is -2.10. The van der Waals surface area contributed by atoms with Crippen molar-refractivity contribution in [1.82, 2.24) is 0 Å². The third kappa shape index (κ3) is 5.42. The zero-order valence-electron chi connectivity index (χ0n) is 32.8. The highest BCUT2D eigenvalue weighted by Gasteiger charge is 2.19. The molecule has 0 N–H and O–H groups in total. The van der Waals surface area contributed by atoms with Gasteiger partial charge >= 0.3 is 0 Å². The first kappa shape index (κ1) is 26.8. The molecule has 0 heterocycles. The maximum Gasteiger partial charge on any atom is 0.0645 e. The van der Waals surface area contributed by atoms with Crippen LogP contribution in [0, 0.1) is 0 Å². The van der Waals surface area contributed by atoms with Gasteiger partial charge < -0.3 is 4.90 Å². The highest BCUT2D eigenvalue weighted by Crippen LogP contribution is 2.44. The van der Waals surface area contributed by atoms with Crippen LogP contribution in [0.2, 0.25) is 0 Å². The molecule has 53 heavy (non-hydrogen) atoms. The van der Waals surface area contributed by atoms with Crippen LogP contribution in [-0.2, 0) is 0 Å². The van der Waals surface area contributed by atoms with Crippen LogP contribution < -0.4 is 4.90 Å². The summed E-state index contributed by atoms with van der Waals surface area (Å²) in [5.74, 6) is 0. The summed E-state index contributed by atoms with van der Waals surface area (Å²) in [5, 5.41) is 8.82. The molecule has 0 spiro atoms. The lowest BCUT2D eigenvalue weighted by molar-refractivity contribution is 1.30. The van der Waals surface area contributed by atoms with Crippen molar-refractivity contribution in [3.63, 3.8) is 0 Å². The quantitative estimate of drug-likeness (QED) is 0.158. The second kappa shape index (κ2) is 13.0. The summed E-state index contributed by atoms with van der Waals surface area (Å²) in [6.07, 6.45) is 0. The van der Waals surface area contributed by atoms with Crippen molar-refractivity contribution in [3.05, 3.63) is 212 Å². The van der Waals surface area contributed by atoms with Crippen LogP contribution in [0.1, 0.15) is 5.48 Å². The lowest BCUT2D eigenvalue weighted by Gasteiger charge is -2.28. The van der Waals surface area contributed by atoms with Crippen LogP contribution in [0.3, 0.4) is 0 Å². The van der Waals surface area contributed by atoms with E-state index in [1.165, 1.54) is 10.8 Å². The molecule has 1 nitrogen and oxygen atoms in total. The van der Waals surface area contributed by atoms with Crippen LogP contribution in [0.15, 0.2) is 212 Å². The molecule has 0 aliphatic rings. The van der Waals surface area contributed by atoms with Crippen molar-refractivity contribution >= 4 is 60.2 Å². The molecule has 0 radical (unpaired) electrons. The van der Waals surface area contributed by atoms with Gasteiger partial charge in [-0.1, -0.05) is 176 Å². The number of rotatable bonds is 6. The zero-order chi connectivity index (χ0) is 38.6. The third-order valence-electron chi connectivity index (χ3n) is 10.3. The van der Waals surface area contributed by atoms with Gasteiger partial charge in [0.05, 0.1) is 11.2 Å². The standard InChI is InChI=1S/C52H35N/c1-2-14-36(15-3-1)43-18-8-9-19-44(43)37-26-30-41(31-27-37)53(52-35-40-17-5-7-21-46(40)48-23-12-13-25-50(48)52)42-32-28-38(29-33-42)51-34-39-16-4-6-20-45(39)47-22-10-11-24-49(47)51/h1-35H/i26D,27D,30D,31D. The van der Waals surface area contributed by atoms with Crippen molar-refractivity contribution in [2.45, 2.75) is 0 Å². The van der Waals surface area contributed by atoms with E-state index in [0.717, 1.165) is 65.9 Å². The summed E-state index contributed by atoms with van der Waals surface area (Å²) in [7, 11) is 0. The van der Waals surface area contributed by atoms with E-state index in [-0.39, 0.29) is 35.4 Å². The van der Waals surface area contributed by atoms with Crippen molar-refractivity contribution in [1.29, 1.82) is 0 Å². The Bertz CT molecular complexity index is 3150. The number of nitrogens with zero attached hydrogens (tertiary/aromatic N) is 1. The van der Waals surface area contributed by atoms with Crippen molar-refractivity contribution in [2.75, 3.05) is 4.90 Å². The second-order valence-corrected chi connectivity index (χ2v) is 13.4. The van der Waals surface area contributed by atoms with Crippen molar-refractivity contribution in [2.24, 2.45) is 0 Å². The summed E-state index contributed by atoms with van der Waals surface area (Å²) in [4.78, 5) is 1.92. The van der Waals surface area contributed by atoms with E-state index >= 15 is 0 Å². The Morgan fingerprint density at radius 1 is 0.302 bits per heavy atom. The molecule has 0 aliphatic heterocycles. The smallest absolute Gasteiger partial charge is 0.0645 e. The molecule has 1 heteroatoms. The Morgan fingerprint density at radius 2 is 0.774 bits per heavy atom. The molecule has 0 unspecified atom stereocenters. The van der Waals surface area contributed by atoms with Crippen molar-refractivity contribution < 1.29 is 5.48 Å². The molecule has 0 atom stereocenters. The molecular formula is C52H35N. The molecule has 10 rings (SSSR count). The van der Waals surface area contributed by atoms with Crippen molar-refractivity contribution in [3.8, 4) is 33.4 Å². The molecule has 0 aromatic heterocycles. The normalized spacial score (nSPS) is 12.5. The Balaban J connectivity index is 1.22. The molecule has 0 saturated carbocycles. The Kier molecular flexibility index (Phi) is 6.56. The Labute approximate surface area is 315 Å². The molecule has 10 aromatic carbocycles. The fourth-order valence-corrected chi connectivity index (χ4v) is 7.81. The average Bonchev–Trinajstić information content (AvgIpc) is 3.27. The number of anilines is 3. The molecule has 248 valence electrons. The predicted molar refractivity (Wildman–Crippen MR) is 227 cm³/mol. The topological polar surface area (TPSA) is 3.24 Å². The van der Waals surface area contributed by atoms with Gasteiger partial charge in [-0.05, 0) is 107 Å². The van der Waals surface area contributed by atoms with Gasteiger partial charge in [0, 0.05) is 16.8 Å². The van der Waals surface area contributed by atoms with E-state index in [4.69, 9.17) is 0 Å². The fourth-order valence-electron chi connectivity index (χ4n) is 7.81. The maximum absolute atomic E-state index is 9.71. The van der Waals surface area contributed by atoms with Gasteiger partial charge in [-0.15, -0.1) is 0 Å². The molecule has 0 aliphatic carbocycles. The molecule has 0 amide bonds. The van der Waals surface area contributed by atoms with Gasteiger partial charge in [-0.25, -0.2) is 0 Å². The van der Waals surface area contributed by atoms with Gasteiger partial charge in [-0.2, -0.15) is 0 Å². The number of hydrogen-bond donors (Lipinski definition) is 0. The monoisotopic (exact) mass is 677 g/mol. The average molecular weight is 678 g/mol. The Morgan fingerprint density at radius 3 is 1.43 bits per heavy atom. The fraction of sp³-hybridized carbons (Fsp3) is 0. The van der Waals surface area contributed by atoms with Crippen LogP contribution in [0.5, 0.6) is 0 Å². The first-order valence-electron chi connectivity index (χ1n) is 19.9. The van der Waals surface area contributed by atoms with Crippen LogP contribution in [0.4, 0.5) is 17.1 Å². The van der Waals surface area contributed by atoms with Crippen LogP contribution in [0.25, 0.3) is 76.5 Å². The molecule has 0 bridgehead atoms. The van der Waals surface area contributed by atoms with E-state index in [2.05, 4.69) is 97.1 Å². The highest BCUT2D eigenvalue weighted by molar-refractivity contribution is 6.15. The molecule has 0 fully saturated rings. The first-order chi connectivity index (χ1) is 28.0. The van der Waals surface area contributed by atoms with E-state index in [1.54, 1.807) is 0 Å². The van der Waals surface area contributed by atoms with E-state index in [9.17, 15) is 5.48 Å². The molecule has 10 aromatic rings. The SMILES string of the molecule is [2H]c1c([2H])c(N(c2ccc(-c3cc4ccccc4c4ccccc34)cc2)c2cc3ccccc3c3ccccc23)c([2H])c([2H])c1-c1ccccc1-c1ccccc1. The minimum Gasteiger partial charge on any atom is -0.310 e. The number of benzene rings is 10. The molecule has 0 saturated heterocycles. The van der Waals surface area contributed by atoms with Gasteiger partial charge in [0.1, 0.15) is 0 Å². The summed E-state index contributed by atoms with van der Waals surface area (Å²) in [5.41, 5.74) is 6.56. The van der Waals surface area contributed by atoms with Crippen LogP contribution in [-0.4, -0.2) is 0 Å². The summed E-state index contributed by atoms with van der Waals surface area (Å²) >= 11 is 0. The van der Waals surface area contributed by atoms with E-state index in [1.807, 2.05) is 95.9 Å². The second-order valence-electron chi connectivity index (χ2n) is 13.4. The van der Waals surface area contributed by atoms with Crippen LogP contribution >= 0.6 is 0 Å². The lowest BCUT2D eigenvalue weighted by atomic mass is 9.93. The summed E-state index contributed by atoms with van der Waals surface area (Å²) in [6, 6.07) is 63.2. The predicted octanol–water partition coefficient (Wildman–Crippen LogP) is 14.8. The van der Waals surface area contributed by atoms with E-state index < -0.39 is 0 Å².